The fourth-order valence-electron chi connectivity index (χ4n) is 1.73. The van der Waals surface area contributed by atoms with Crippen LogP contribution in [0.15, 0.2) is 24.3 Å². The molecular formula is C13H16ClN3O. The second-order valence-corrected chi connectivity index (χ2v) is 4.53. The van der Waals surface area contributed by atoms with Crippen LogP contribution in [-0.4, -0.2) is 9.78 Å². The average Bonchev–Trinajstić information content (AvgIpc) is 2.60. The van der Waals surface area contributed by atoms with Gasteiger partial charge in [0.15, 0.2) is 0 Å². The highest BCUT2D eigenvalue weighted by Crippen LogP contribution is 2.30. The number of benzene rings is 1. The van der Waals surface area contributed by atoms with Crippen LogP contribution in [0, 0.1) is 0 Å². The zero-order valence-corrected chi connectivity index (χ0v) is 11.2. The van der Waals surface area contributed by atoms with E-state index in [1.54, 1.807) is 28.9 Å². The lowest BCUT2D eigenvalue weighted by atomic mass is 10.2. The number of aromatic nitrogens is 2. The fourth-order valence-corrected chi connectivity index (χ4v) is 1.86. The maximum Gasteiger partial charge on any atom is 0.241 e. The first-order valence-corrected chi connectivity index (χ1v) is 6.24. The van der Waals surface area contributed by atoms with Gasteiger partial charge < -0.3 is 10.5 Å². The third-order valence-electron chi connectivity index (χ3n) is 2.62. The molecule has 1 aromatic carbocycles. The zero-order chi connectivity index (χ0) is 13.1. The Bertz CT molecular complexity index is 534. The van der Waals surface area contributed by atoms with Crippen LogP contribution < -0.4 is 10.5 Å². The van der Waals surface area contributed by atoms with Gasteiger partial charge in [-0.15, -0.1) is 0 Å². The lowest BCUT2D eigenvalue weighted by molar-refractivity contribution is 0.432. The van der Waals surface area contributed by atoms with E-state index in [9.17, 15) is 0 Å². The van der Waals surface area contributed by atoms with Gasteiger partial charge in [-0.1, -0.05) is 24.9 Å². The van der Waals surface area contributed by atoms with Crippen molar-refractivity contribution in [2.45, 2.75) is 19.8 Å². The summed E-state index contributed by atoms with van der Waals surface area (Å²) in [7, 11) is 1.82. The van der Waals surface area contributed by atoms with Gasteiger partial charge in [-0.05, 0) is 30.7 Å². The molecule has 0 radical (unpaired) electrons. The number of halogens is 1. The van der Waals surface area contributed by atoms with Crippen molar-refractivity contribution in [1.29, 1.82) is 0 Å². The second kappa shape index (κ2) is 5.31. The predicted molar refractivity (Wildman–Crippen MR) is 73.1 cm³/mol. The number of rotatable bonds is 4. The number of aryl methyl sites for hydroxylation is 2. The van der Waals surface area contributed by atoms with Crippen molar-refractivity contribution in [3.8, 4) is 11.6 Å². The van der Waals surface area contributed by atoms with E-state index in [-0.39, 0.29) is 0 Å². The SMILES string of the molecule is CCCc1nn(C)c(Oc2ccc(Cl)cc2)c1N. The number of ether oxygens (including phenoxy) is 1. The molecule has 0 fully saturated rings. The van der Waals surface area contributed by atoms with E-state index in [4.69, 9.17) is 22.1 Å². The molecule has 5 heteroatoms. The third-order valence-corrected chi connectivity index (χ3v) is 2.87. The molecule has 96 valence electrons. The number of nitrogen functional groups attached to an aromatic ring is 1. The maximum atomic E-state index is 6.03. The van der Waals surface area contributed by atoms with E-state index in [0.717, 1.165) is 18.5 Å². The molecule has 2 N–H and O–H groups in total. The van der Waals surface area contributed by atoms with Gasteiger partial charge in [0.05, 0.1) is 5.69 Å². The molecule has 4 nitrogen and oxygen atoms in total. The normalized spacial score (nSPS) is 10.6. The molecule has 0 bridgehead atoms. The molecule has 0 spiro atoms. The van der Waals surface area contributed by atoms with Gasteiger partial charge in [-0.25, -0.2) is 4.68 Å². The molecule has 0 amide bonds. The molecule has 0 aliphatic rings. The highest BCUT2D eigenvalue weighted by molar-refractivity contribution is 6.30. The smallest absolute Gasteiger partial charge is 0.241 e. The Morgan fingerprint density at radius 3 is 2.61 bits per heavy atom. The lowest BCUT2D eigenvalue weighted by Crippen LogP contribution is -1.96. The number of anilines is 1. The molecule has 2 aromatic rings. The molecule has 0 atom stereocenters. The van der Waals surface area contributed by atoms with E-state index in [0.29, 0.717) is 22.3 Å². The Kier molecular flexibility index (Phi) is 3.77. The topological polar surface area (TPSA) is 53.1 Å². The molecular weight excluding hydrogens is 250 g/mol. The average molecular weight is 266 g/mol. The molecule has 1 aromatic heterocycles. The summed E-state index contributed by atoms with van der Waals surface area (Å²) < 4.78 is 7.40. The first kappa shape index (κ1) is 12.8. The van der Waals surface area contributed by atoms with Crippen LogP contribution in [0.4, 0.5) is 5.69 Å². The minimum Gasteiger partial charge on any atom is -0.437 e. The summed E-state index contributed by atoms with van der Waals surface area (Å²) in [5, 5.41) is 5.03. The number of nitrogens with zero attached hydrogens (tertiary/aromatic N) is 2. The highest BCUT2D eigenvalue weighted by atomic mass is 35.5. The number of nitrogens with two attached hydrogens (primary N) is 1. The zero-order valence-electron chi connectivity index (χ0n) is 10.5. The molecule has 18 heavy (non-hydrogen) atoms. The summed E-state index contributed by atoms with van der Waals surface area (Å²) in [5.74, 6) is 1.26. The van der Waals surface area contributed by atoms with Gasteiger partial charge in [0.1, 0.15) is 11.4 Å². The van der Waals surface area contributed by atoms with Gasteiger partial charge in [-0.2, -0.15) is 5.10 Å². The highest BCUT2D eigenvalue weighted by Gasteiger charge is 2.14. The van der Waals surface area contributed by atoms with E-state index in [1.807, 2.05) is 7.05 Å². The largest absolute Gasteiger partial charge is 0.437 e. The Labute approximate surface area is 111 Å². The predicted octanol–water partition coefficient (Wildman–Crippen LogP) is 3.40. The molecule has 0 saturated carbocycles. The number of hydrogen-bond donors (Lipinski definition) is 1. The third kappa shape index (κ3) is 2.59. The van der Waals surface area contributed by atoms with Crippen LogP contribution in [0.3, 0.4) is 0 Å². The Morgan fingerprint density at radius 2 is 2.00 bits per heavy atom. The van der Waals surface area contributed by atoms with Gasteiger partial charge >= 0.3 is 0 Å². The van der Waals surface area contributed by atoms with Crippen molar-refractivity contribution in [2.24, 2.45) is 7.05 Å². The first-order valence-electron chi connectivity index (χ1n) is 5.86. The minimum atomic E-state index is 0.570. The van der Waals surface area contributed by atoms with Crippen molar-refractivity contribution in [2.75, 3.05) is 5.73 Å². The summed E-state index contributed by atoms with van der Waals surface area (Å²) in [6, 6.07) is 7.15. The van der Waals surface area contributed by atoms with Gasteiger partial charge in [0.25, 0.3) is 0 Å². The van der Waals surface area contributed by atoms with Crippen molar-refractivity contribution in [3.05, 3.63) is 35.0 Å². The summed E-state index contributed by atoms with van der Waals surface area (Å²) in [6.45, 7) is 2.09. The monoisotopic (exact) mass is 265 g/mol. The fraction of sp³-hybridized carbons (Fsp3) is 0.308. The van der Waals surface area contributed by atoms with Crippen molar-refractivity contribution in [3.63, 3.8) is 0 Å². The standard InChI is InChI=1S/C13H16ClN3O/c1-3-4-11-12(15)13(17(2)16-11)18-10-7-5-9(14)6-8-10/h5-8H,3-4,15H2,1-2H3. The van der Waals surface area contributed by atoms with Crippen LogP contribution in [0.1, 0.15) is 19.0 Å². The van der Waals surface area contributed by atoms with E-state index in [1.165, 1.54) is 0 Å². The van der Waals surface area contributed by atoms with Crippen LogP contribution in [0.2, 0.25) is 5.02 Å². The van der Waals surface area contributed by atoms with E-state index in [2.05, 4.69) is 12.0 Å². The van der Waals surface area contributed by atoms with Gasteiger partial charge in [-0.3, -0.25) is 0 Å². The summed E-state index contributed by atoms with van der Waals surface area (Å²) in [5.41, 5.74) is 7.52. The molecule has 2 rings (SSSR count). The lowest BCUT2D eigenvalue weighted by Gasteiger charge is -2.06. The van der Waals surface area contributed by atoms with Crippen molar-refractivity contribution < 1.29 is 4.74 Å². The Balaban J connectivity index is 2.26. The van der Waals surface area contributed by atoms with Gasteiger partial charge in [0, 0.05) is 12.1 Å². The summed E-state index contributed by atoms with van der Waals surface area (Å²) >= 11 is 5.82. The molecule has 0 saturated heterocycles. The summed E-state index contributed by atoms with van der Waals surface area (Å²) in [6.07, 6.45) is 1.85. The Hall–Kier alpha value is -1.68. The second-order valence-electron chi connectivity index (χ2n) is 4.10. The maximum absolute atomic E-state index is 6.03. The van der Waals surface area contributed by atoms with Crippen molar-refractivity contribution in [1.82, 2.24) is 9.78 Å². The van der Waals surface area contributed by atoms with Crippen LogP contribution >= 0.6 is 11.6 Å². The van der Waals surface area contributed by atoms with Crippen molar-refractivity contribution >= 4 is 17.3 Å². The minimum absolute atomic E-state index is 0.570. The van der Waals surface area contributed by atoms with Crippen LogP contribution in [-0.2, 0) is 13.5 Å². The molecule has 0 aliphatic carbocycles. The quantitative estimate of drug-likeness (QED) is 0.922. The van der Waals surface area contributed by atoms with E-state index < -0.39 is 0 Å². The number of hydrogen-bond acceptors (Lipinski definition) is 3. The Morgan fingerprint density at radius 1 is 1.33 bits per heavy atom. The van der Waals surface area contributed by atoms with E-state index >= 15 is 0 Å². The molecule has 1 heterocycles. The first-order chi connectivity index (χ1) is 8.61. The van der Waals surface area contributed by atoms with Crippen LogP contribution in [0.25, 0.3) is 0 Å². The summed E-state index contributed by atoms with van der Waals surface area (Å²) in [4.78, 5) is 0. The van der Waals surface area contributed by atoms with Gasteiger partial charge in [0.2, 0.25) is 5.88 Å². The molecule has 0 unspecified atom stereocenters. The van der Waals surface area contributed by atoms with Crippen LogP contribution in [0.5, 0.6) is 11.6 Å². The molecule has 0 aliphatic heterocycles.